The molecule has 10 nitrogen and oxygen atoms in total. The second kappa shape index (κ2) is 15.6. The van der Waals surface area contributed by atoms with E-state index in [0.717, 1.165) is 40.8 Å². The van der Waals surface area contributed by atoms with Crippen LogP contribution in [0.4, 0.5) is 5.69 Å². The SMILES string of the molecule is COc1c(CN2O[C@@H](CN)[C@@H]([C@H](C)O)[C@H]2C(=O)N[C@H]2C[C@H]3C[C@H]([C@@H]2C)C3(C)C)cccc1-c1cc(C(=O)NCCc2ccccc2)cc(N(C)C)c1. The number of anilines is 1. The molecule has 0 radical (unpaired) electrons. The van der Waals surface area contributed by atoms with Crippen LogP contribution in [0.25, 0.3) is 11.1 Å². The molecule has 7 rings (SSSR count). The maximum atomic E-state index is 14.3. The van der Waals surface area contributed by atoms with Gasteiger partial charge in [0.25, 0.3) is 5.91 Å². The van der Waals surface area contributed by atoms with Crippen molar-refractivity contribution in [2.45, 2.75) is 77.8 Å². The molecule has 1 aliphatic heterocycles. The van der Waals surface area contributed by atoms with E-state index in [9.17, 15) is 14.7 Å². The van der Waals surface area contributed by atoms with E-state index in [0.29, 0.717) is 41.0 Å². The number of fused-ring (bicyclic) bond motifs is 2. The van der Waals surface area contributed by atoms with E-state index in [1.54, 1.807) is 19.1 Å². The number of benzene rings is 3. The minimum Gasteiger partial charge on any atom is -0.496 e. The van der Waals surface area contributed by atoms with Crippen LogP contribution in [-0.4, -0.2) is 80.6 Å². The van der Waals surface area contributed by atoms with Gasteiger partial charge in [-0.25, -0.2) is 0 Å². The zero-order valence-corrected chi connectivity index (χ0v) is 31.8. The van der Waals surface area contributed by atoms with Gasteiger partial charge in [-0.3, -0.25) is 14.4 Å². The third kappa shape index (κ3) is 7.44. The molecule has 1 saturated heterocycles. The Labute approximate surface area is 309 Å². The summed E-state index contributed by atoms with van der Waals surface area (Å²) in [4.78, 5) is 36.1. The number of nitrogens with one attached hydrogen (secondary N) is 2. The fourth-order valence-corrected chi connectivity index (χ4v) is 9.10. The van der Waals surface area contributed by atoms with Gasteiger partial charge in [-0.1, -0.05) is 69.3 Å². The van der Waals surface area contributed by atoms with Crippen molar-refractivity contribution in [1.82, 2.24) is 15.7 Å². The summed E-state index contributed by atoms with van der Waals surface area (Å²) >= 11 is 0. The van der Waals surface area contributed by atoms with E-state index >= 15 is 0 Å². The lowest BCUT2D eigenvalue weighted by molar-refractivity contribution is -0.175. The van der Waals surface area contributed by atoms with Crippen molar-refractivity contribution < 1.29 is 24.3 Å². The lowest BCUT2D eigenvalue weighted by Gasteiger charge is -2.62. The average molecular weight is 712 g/mol. The molecule has 3 saturated carbocycles. The van der Waals surface area contributed by atoms with Gasteiger partial charge in [0.15, 0.2) is 0 Å². The van der Waals surface area contributed by atoms with Gasteiger partial charge in [0, 0.05) is 61.5 Å². The van der Waals surface area contributed by atoms with Gasteiger partial charge in [-0.05, 0) is 78.7 Å². The second-order valence-corrected chi connectivity index (χ2v) is 15.9. The van der Waals surface area contributed by atoms with Gasteiger partial charge < -0.3 is 31.1 Å². The normalized spacial score (nSPS) is 27.0. The molecule has 2 amide bonds. The van der Waals surface area contributed by atoms with Crippen molar-refractivity contribution in [3.63, 3.8) is 0 Å². The number of amides is 2. The van der Waals surface area contributed by atoms with Crippen LogP contribution in [0.2, 0.25) is 0 Å². The quantitative estimate of drug-likeness (QED) is 0.195. The van der Waals surface area contributed by atoms with Crippen molar-refractivity contribution in [3.8, 4) is 16.9 Å². The third-order valence-electron chi connectivity index (χ3n) is 12.3. The number of hydroxylamine groups is 2. The number of rotatable bonds is 13. The number of carbonyl (C=O) groups is 2. The van der Waals surface area contributed by atoms with Crippen molar-refractivity contribution >= 4 is 17.5 Å². The largest absolute Gasteiger partial charge is 0.496 e. The molecular formula is C42H57N5O5. The minimum atomic E-state index is -0.815. The molecule has 4 aliphatic rings. The summed E-state index contributed by atoms with van der Waals surface area (Å²) in [5, 5.41) is 19.1. The Kier molecular flexibility index (Phi) is 11.3. The van der Waals surface area contributed by atoms with Crippen LogP contribution in [0.5, 0.6) is 5.75 Å². The van der Waals surface area contributed by atoms with Gasteiger partial charge >= 0.3 is 0 Å². The van der Waals surface area contributed by atoms with Crippen LogP contribution in [-0.2, 0) is 22.6 Å². The molecule has 5 N–H and O–H groups in total. The first-order valence-corrected chi connectivity index (χ1v) is 18.8. The predicted molar refractivity (Wildman–Crippen MR) is 205 cm³/mol. The van der Waals surface area contributed by atoms with Crippen LogP contribution in [0.3, 0.4) is 0 Å². The molecule has 2 bridgehead atoms. The fraction of sp³-hybridized carbons (Fsp3) is 0.524. The Bertz CT molecular complexity index is 1730. The molecule has 0 unspecified atom stereocenters. The molecule has 280 valence electrons. The molecule has 3 aliphatic carbocycles. The van der Waals surface area contributed by atoms with Crippen molar-refractivity contribution in [2.75, 3.05) is 39.2 Å². The highest BCUT2D eigenvalue weighted by molar-refractivity contribution is 5.97. The number of aliphatic hydroxyl groups is 1. The lowest BCUT2D eigenvalue weighted by atomic mass is 9.45. The van der Waals surface area contributed by atoms with Crippen molar-refractivity contribution in [3.05, 3.63) is 83.4 Å². The predicted octanol–water partition coefficient (Wildman–Crippen LogP) is 5.03. The summed E-state index contributed by atoms with van der Waals surface area (Å²) in [5.74, 6) is 1.35. The summed E-state index contributed by atoms with van der Waals surface area (Å²) in [5.41, 5.74) is 11.5. The number of para-hydroxylation sites is 1. The fourth-order valence-electron chi connectivity index (χ4n) is 9.10. The Balaban J connectivity index is 1.26. The highest BCUT2D eigenvalue weighted by Gasteiger charge is 2.57. The maximum absolute atomic E-state index is 14.3. The lowest BCUT2D eigenvalue weighted by Crippen LogP contribution is -2.62. The summed E-state index contributed by atoms with van der Waals surface area (Å²) in [6, 6.07) is 21.1. The molecule has 4 fully saturated rings. The number of methoxy groups -OCH3 is 1. The van der Waals surface area contributed by atoms with Gasteiger partial charge in [0.1, 0.15) is 11.8 Å². The number of nitrogens with two attached hydrogens (primary N) is 1. The van der Waals surface area contributed by atoms with E-state index in [2.05, 4.69) is 43.5 Å². The van der Waals surface area contributed by atoms with Crippen LogP contribution in [0.1, 0.15) is 62.0 Å². The molecule has 0 spiro atoms. The first-order chi connectivity index (χ1) is 24.8. The average Bonchev–Trinajstić information content (AvgIpc) is 3.51. The number of nitrogens with zero attached hydrogens (tertiary/aromatic N) is 2. The van der Waals surface area contributed by atoms with Crippen LogP contribution in [0.15, 0.2) is 66.7 Å². The van der Waals surface area contributed by atoms with E-state index in [1.165, 1.54) is 6.42 Å². The van der Waals surface area contributed by atoms with E-state index in [1.807, 2.05) is 73.6 Å². The van der Waals surface area contributed by atoms with Crippen LogP contribution in [0, 0.1) is 29.1 Å². The highest BCUT2D eigenvalue weighted by Crippen LogP contribution is 2.61. The molecule has 8 atom stereocenters. The van der Waals surface area contributed by atoms with E-state index in [-0.39, 0.29) is 30.9 Å². The number of aliphatic hydroxyl groups excluding tert-OH is 1. The molecule has 1 heterocycles. The number of carbonyl (C=O) groups excluding carboxylic acids is 2. The third-order valence-corrected chi connectivity index (χ3v) is 12.3. The Morgan fingerprint density at radius 2 is 1.85 bits per heavy atom. The van der Waals surface area contributed by atoms with Gasteiger partial charge in [-0.2, -0.15) is 5.06 Å². The first kappa shape index (κ1) is 37.8. The van der Waals surface area contributed by atoms with E-state index < -0.39 is 24.2 Å². The van der Waals surface area contributed by atoms with Crippen molar-refractivity contribution in [2.24, 2.45) is 34.8 Å². The molecule has 52 heavy (non-hydrogen) atoms. The Morgan fingerprint density at radius 1 is 1.10 bits per heavy atom. The topological polar surface area (TPSA) is 129 Å². The molecular weight excluding hydrogens is 654 g/mol. The number of ether oxygens (including phenoxy) is 1. The summed E-state index contributed by atoms with van der Waals surface area (Å²) in [6.45, 7) is 9.57. The minimum absolute atomic E-state index is 0.0734. The summed E-state index contributed by atoms with van der Waals surface area (Å²) < 4.78 is 6.08. The monoisotopic (exact) mass is 711 g/mol. The Hall–Kier alpha value is -3.96. The smallest absolute Gasteiger partial charge is 0.251 e. The summed E-state index contributed by atoms with van der Waals surface area (Å²) in [7, 11) is 5.53. The number of hydrogen-bond acceptors (Lipinski definition) is 8. The zero-order chi connectivity index (χ0) is 37.3. The van der Waals surface area contributed by atoms with E-state index in [4.69, 9.17) is 15.3 Å². The van der Waals surface area contributed by atoms with Crippen LogP contribution < -0.4 is 26.0 Å². The molecule has 3 aromatic carbocycles. The van der Waals surface area contributed by atoms with Crippen molar-refractivity contribution in [1.29, 1.82) is 0 Å². The Morgan fingerprint density at radius 3 is 2.48 bits per heavy atom. The summed E-state index contributed by atoms with van der Waals surface area (Å²) in [6.07, 6.45) is 1.57. The highest BCUT2D eigenvalue weighted by atomic mass is 16.7. The van der Waals surface area contributed by atoms with Gasteiger partial charge in [0.2, 0.25) is 5.91 Å². The van der Waals surface area contributed by atoms with Gasteiger partial charge in [-0.15, -0.1) is 0 Å². The molecule has 3 aromatic rings. The molecule has 0 aromatic heterocycles. The second-order valence-electron chi connectivity index (χ2n) is 15.9. The zero-order valence-electron chi connectivity index (χ0n) is 31.8. The molecule has 10 heteroatoms. The maximum Gasteiger partial charge on any atom is 0.251 e. The van der Waals surface area contributed by atoms with Crippen LogP contribution >= 0.6 is 0 Å². The van der Waals surface area contributed by atoms with Gasteiger partial charge in [0.05, 0.1) is 25.9 Å². The first-order valence-electron chi connectivity index (χ1n) is 18.8. The standard InChI is InChI=1S/C42H57N5O5/c1-25-34-21-31(42(34,3)4)22-35(25)45-41(50)38-37(26(2)48)36(23-43)52-47(38)24-28-14-11-15-33(39(28)51-7)29-18-30(20-32(19-29)46(5)6)40(49)44-17-16-27-12-9-8-10-13-27/h8-15,18-20,25-26,31,34-38,48H,16-17,21-24,43H2,1-7H3,(H,44,49)(H,45,50)/t25-,26-,31+,34+,35-,36-,37+,38-/m0/s1. The number of hydrogen-bond donors (Lipinski definition) is 4.